The number of carbonyl (C=O) groups is 2. The standard InChI is InChI=1S/2C17H16Cl2N4O2/c2*1-3-25-16(24)14-8-23-15(11-5-4-10(18)6-13(11)19)12(7-20)9(2)21-17(23)22-14/h2*4-6,8H,3,7,20H2,1-2H3. The highest BCUT2D eigenvalue weighted by Crippen LogP contribution is 2.35. The SMILES string of the molecule is CCOC(=O)c1cn2c(-c3ccc(Cl)cc3Cl)c(CN)c(C)nc2n1.CCOC(=O)c1cn2c(-c3ccc(Cl)cc3Cl)c(CN)c(C)nc2n1. The first-order valence-electron chi connectivity index (χ1n) is 15.3. The van der Waals surface area contributed by atoms with Crippen LogP contribution in [-0.2, 0) is 22.6 Å². The van der Waals surface area contributed by atoms with E-state index >= 15 is 0 Å². The molecule has 0 aliphatic heterocycles. The Bertz CT molecular complexity index is 2100. The quantitative estimate of drug-likeness (QED) is 0.151. The molecule has 260 valence electrons. The van der Waals surface area contributed by atoms with Crippen LogP contribution in [0.15, 0.2) is 48.8 Å². The highest BCUT2D eigenvalue weighted by atomic mass is 35.5. The minimum Gasteiger partial charge on any atom is -0.461 e. The molecule has 0 radical (unpaired) electrons. The van der Waals surface area contributed by atoms with Crippen LogP contribution in [0.25, 0.3) is 34.1 Å². The molecular formula is C34H32Cl4N8O4. The number of ether oxygens (including phenoxy) is 2. The van der Waals surface area contributed by atoms with Crippen molar-refractivity contribution in [3.05, 3.63) is 103 Å². The zero-order valence-electron chi connectivity index (χ0n) is 27.4. The minimum atomic E-state index is -0.506. The second kappa shape index (κ2) is 15.7. The Morgan fingerprint density at radius 1 is 0.660 bits per heavy atom. The number of nitrogens with zero attached hydrogens (tertiary/aromatic N) is 6. The molecule has 6 aromatic rings. The van der Waals surface area contributed by atoms with E-state index in [0.717, 1.165) is 45.0 Å². The second-order valence-electron chi connectivity index (χ2n) is 10.7. The van der Waals surface area contributed by atoms with Crippen molar-refractivity contribution in [1.82, 2.24) is 28.7 Å². The number of imidazole rings is 2. The molecule has 50 heavy (non-hydrogen) atoms. The topological polar surface area (TPSA) is 165 Å². The van der Waals surface area contributed by atoms with Crippen molar-refractivity contribution in [3.8, 4) is 22.5 Å². The normalized spacial score (nSPS) is 11.1. The Hall–Kier alpha value is -4.30. The van der Waals surface area contributed by atoms with Crippen LogP contribution in [-0.4, -0.2) is 53.9 Å². The van der Waals surface area contributed by atoms with Crippen LogP contribution in [0.3, 0.4) is 0 Å². The molecule has 0 saturated heterocycles. The number of aryl methyl sites for hydroxylation is 2. The average Bonchev–Trinajstić information content (AvgIpc) is 3.69. The van der Waals surface area contributed by atoms with Crippen molar-refractivity contribution in [2.75, 3.05) is 13.2 Å². The van der Waals surface area contributed by atoms with Gasteiger partial charge in [0.2, 0.25) is 11.6 Å². The zero-order chi connectivity index (χ0) is 36.3. The largest absolute Gasteiger partial charge is 0.461 e. The second-order valence-corrected chi connectivity index (χ2v) is 12.4. The van der Waals surface area contributed by atoms with Gasteiger partial charge in [-0.25, -0.2) is 29.5 Å². The van der Waals surface area contributed by atoms with Gasteiger partial charge >= 0.3 is 11.9 Å². The Kier molecular flexibility index (Phi) is 11.6. The van der Waals surface area contributed by atoms with E-state index in [0.29, 0.717) is 31.6 Å². The van der Waals surface area contributed by atoms with E-state index in [-0.39, 0.29) is 37.7 Å². The number of aromatic nitrogens is 6. The Morgan fingerprint density at radius 3 is 1.36 bits per heavy atom. The van der Waals surface area contributed by atoms with Crippen LogP contribution >= 0.6 is 46.4 Å². The van der Waals surface area contributed by atoms with E-state index in [9.17, 15) is 9.59 Å². The van der Waals surface area contributed by atoms with Crippen LogP contribution in [0.2, 0.25) is 20.1 Å². The molecule has 6 rings (SSSR count). The summed E-state index contributed by atoms with van der Waals surface area (Å²) >= 11 is 24.8. The number of carbonyl (C=O) groups excluding carboxylic acids is 2. The molecule has 0 bridgehead atoms. The van der Waals surface area contributed by atoms with Crippen molar-refractivity contribution in [2.45, 2.75) is 40.8 Å². The third-order valence-electron chi connectivity index (χ3n) is 7.59. The first-order valence-corrected chi connectivity index (χ1v) is 16.9. The summed E-state index contributed by atoms with van der Waals surface area (Å²) in [5.41, 5.74) is 18.2. The fraction of sp³-hybridized carbons (Fsp3) is 0.235. The summed E-state index contributed by atoms with van der Waals surface area (Å²) < 4.78 is 13.4. The maximum absolute atomic E-state index is 12.0. The molecule has 0 atom stereocenters. The Morgan fingerprint density at radius 2 is 1.04 bits per heavy atom. The summed E-state index contributed by atoms with van der Waals surface area (Å²) in [5.74, 6) is -0.265. The lowest BCUT2D eigenvalue weighted by atomic mass is 10.0. The van der Waals surface area contributed by atoms with Gasteiger partial charge < -0.3 is 20.9 Å². The minimum absolute atomic E-state index is 0.175. The summed E-state index contributed by atoms with van der Waals surface area (Å²) in [6.07, 6.45) is 3.17. The van der Waals surface area contributed by atoms with Crippen LogP contribution in [0, 0.1) is 13.8 Å². The van der Waals surface area contributed by atoms with Gasteiger partial charge in [0.1, 0.15) is 0 Å². The highest BCUT2D eigenvalue weighted by molar-refractivity contribution is 6.37. The van der Waals surface area contributed by atoms with Crippen LogP contribution < -0.4 is 11.5 Å². The molecule has 0 aliphatic carbocycles. The molecule has 0 fully saturated rings. The van der Waals surface area contributed by atoms with Gasteiger partial charge in [-0.3, -0.25) is 8.80 Å². The molecule has 0 saturated carbocycles. The predicted octanol–water partition coefficient (Wildman–Crippen LogP) is 7.29. The first-order chi connectivity index (χ1) is 23.9. The van der Waals surface area contributed by atoms with E-state index in [4.69, 9.17) is 67.3 Å². The van der Waals surface area contributed by atoms with Gasteiger partial charge in [0.05, 0.1) is 34.6 Å². The van der Waals surface area contributed by atoms with Crippen LogP contribution in [0.1, 0.15) is 57.3 Å². The van der Waals surface area contributed by atoms with Crippen LogP contribution in [0.5, 0.6) is 0 Å². The highest BCUT2D eigenvalue weighted by Gasteiger charge is 2.22. The summed E-state index contributed by atoms with van der Waals surface area (Å²) in [6, 6.07) is 10.4. The number of rotatable bonds is 8. The van der Waals surface area contributed by atoms with E-state index in [2.05, 4.69) is 19.9 Å². The van der Waals surface area contributed by atoms with E-state index in [1.54, 1.807) is 59.3 Å². The molecule has 0 unspecified atom stereocenters. The van der Waals surface area contributed by atoms with Gasteiger partial charge in [0.15, 0.2) is 11.4 Å². The maximum atomic E-state index is 12.0. The monoisotopic (exact) mass is 756 g/mol. The maximum Gasteiger partial charge on any atom is 0.358 e. The number of esters is 2. The van der Waals surface area contributed by atoms with Crippen molar-refractivity contribution >= 4 is 69.9 Å². The molecule has 0 amide bonds. The summed E-state index contributed by atoms with van der Waals surface area (Å²) in [5, 5.41) is 2.01. The Labute approximate surface area is 307 Å². The fourth-order valence-corrected chi connectivity index (χ4v) is 6.34. The Balaban J connectivity index is 0.000000194. The van der Waals surface area contributed by atoms with E-state index < -0.39 is 11.9 Å². The molecule has 2 aromatic carbocycles. The van der Waals surface area contributed by atoms with Gasteiger partial charge in [-0.1, -0.05) is 46.4 Å². The number of halogens is 4. The van der Waals surface area contributed by atoms with Crippen molar-refractivity contribution in [2.24, 2.45) is 11.5 Å². The average molecular weight is 758 g/mol. The van der Waals surface area contributed by atoms with Gasteiger partial charge in [-0.05, 0) is 64.1 Å². The van der Waals surface area contributed by atoms with Crippen molar-refractivity contribution in [1.29, 1.82) is 0 Å². The lowest BCUT2D eigenvalue weighted by Gasteiger charge is -2.14. The number of hydrogen-bond acceptors (Lipinski definition) is 10. The molecule has 16 heteroatoms. The van der Waals surface area contributed by atoms with Crippen molar-refractivity contribution < 1.29 is 19.1 Å². The fourth-order valence-electron chi connectivity index (χ4n) is 5.34. The van der Waals surface area contributed by atoms with Gasteiger partial charge in [0.25, 0.3) is 0 Å². The molecular weight excluding hydrogens is 726 g/mol. The van der Waals surface area contributed by atoms with Gasteiger partial charge in [-0.15, -0.1) is 0 Å². The molecule has 0 aliphatic rings. The van der Waals surface area contributed by atoms with Crippen LogP contribution in [0.4, 0.5) is 0 Å². The number of benzene rings is 2. The van der Waals surface area contributed by atoms with E-state index in [1.807, 2.05) is 26.0 Å². The number of nitrogens with two attached hydrogens (primary N) is 2. The lowest BCUT2D eigenvalue weighted by Crippen LogP contribution is -2.08. The van der Waals surface area contributed by atoms with Crippen molar-refractivity contribution in [3.63, 3.8) is 0 Å². The number of fused-ring (bicyclic) bond motifs is 2. The predicted molar refractivity (Wildman–Crippen MR) is 194 cm³/mol. The molecule has 4 aromatic heterocycles. The third-order valence-corrected chi connectivity index (χ3v) is 8.68. The molecule has 12 nitrogen and oxygen atoms in total. The molecule has 4 N–H and O–H groups in total. The third kappa shape index (κ3) is 7.41. The summed E-state index contributed by atoms with van der Waals surface area (Å²) in [7, 11) is 0. The lowest BCUT2D eigenvalue weighted by molar-refractivity contribution is 0.0511. The first kappa shape index (κ1) is 37.0. The zero-order valence-corrected chi connectivity index (χ0v) is 30.5. The van der Waals surface area contributed by atoms with E-state index in [1.165, 1.54) is 0 Å². The molecule has 4 heterocycles. The smallest absolute Gasteiger partial charge is 0.358 e. The van der Waals surface area contributed by atoms with Gasteiger partial charge in [0, 0.05) is 69.2 Å². The summed E-state index contributed by atoms with van der Waals surface area (Å²) in [4.78, 5) is 41.5. The van der Waals surface area contributed by atoms with Gasteiger partial charge in [-0.2, -0.15) is 0 Å². The number of hydrogen-bond donors (Lipinski definition) is 2. The molecule has 0 spiro atoms. The summed E-state index contributed by atoms with van der Waals surface area (Å²) in [6.45, 7) is 8.21.